The number of carbonyl (C=O) groups is 2. The van der Waals surface area contributed by atoms with Gasteiger partial charge in [0.1, 0.15) is 0 Å². The van der Waals surface area contributed by atoms with Crippen LogP contribution in [-0.2, 0) is 25.0 Å². The topological polar surface area (TPSA) is 86.8 Å². The lowest BCUT2D eigenvalue weighted by molar-refractivity contribution is -0.121. The molecule has 8 heteroatoms. The van der Waals surface area contributed by atoms with Crippen molar-refractivity contribution in [2.45, 2.75) is 31.1 Å². The van der Waals surface area contributed by atoms with Gasteiger partial charge in [-0.25, -0.2) is 8.42 Å². The van der Waals surface area contributed by atoms with Crippen LogP contribution >= 0.6 is 0 Å². The van der Waals surface area contributed by atoms with Crippen molar-refractivity contribution in [2.75, 3.05) is 30.9 Å². The molecule has 0 fully saturated rings. The third-order valence-electron chi connectivity index (χ3n) is 5.34. The van der Waals surface area contributed by atoms with Crippen LogP contribution in [0.25, 0.3) is 0 Å². The van der Waals surface area contributed by atoms with E-state index in [-0.39, 0.29) is 17.3 Å². The summed E-state index contributed by atoms with van der Waals surface area (Å²) >= 11 is 0. The molecule has 1 aliphatic heterocycles. The Morgan fingerprint density at radius 2 is 1.83 bits per heavy atom. The molecule has 0 unspecified atom stereocenters. The molecule has 2 amide bonds. The van der Waals surface area contributed by atoms with E-state index in [1.165, 1.54) is 24.1 Å². The zero-order chi connectivity index (χ0) is 21.6. The zero-order valence-corrected chi connectivity index (χ0v) is 18.0. The van der Waals surface area contributed by atoms with Gasteiger partial charge < -0.3 is 10.2 Å². The van der Waals surface area contributed by atoms with E-state index in [0.717, 1.165) is 9.87 Å². The number of amides is 2. The zero-order valence-electron chi connectivity index (χ0n) is 17.2. The van der Waals surface area contributed by atoms with Crippen LogP contribution in [0.5, 0.6) is 0 Å². The standard InChI is InChI=1S/C21H25N3O4S/c1-14-8-6-7-9-17(14)22-19(25)13-23(4)29(27,28)15-10-11-18-16(12-15)21(2,3)20(26)24(18)5/h6-12H,13H2,1-5H3,(H,22,25). The van der Waals surface area contributed by atoms with Crippen molar-refractivity contribution in [1.82, 2.24) is 4.31 Å². The molecule has 0 atom stereocenters. The molecule has 2 aromatic rings. The van der Waals surface area contributed by atoms with E-state index in [1.807, 2.05) is 19.1 Å². The molecular formula is C21H25N3O4S. The van der Waals surface area contributed by atoms with E-state index in [9.17, 15) is 18.0 Å². The molecule has 1 heterocycles. The van der Waals surface area contributed by atoms with Crippen LogP contribution in [0, 0.1) is 6.92 Å². The summed E-state index contributed by atoms with van der Waals surface area (Å²) in [7, 11) is -0.864. The first-order chi connectivity index (χ1) is 13.5. The smallest absolute Gasteiger partial charge is 0.243 e. The van der Waals surface area contributed by atoms with Gasteiger partial charge in [-0.05, 0) is 56.2 Å². The Labute approximate surface area is 171 Å². The highest BCUT2D eigenvalue weighted by atomic mass is 32.2. The van der Waals surface area contributed by atoms with E-state index in [1.54, 1.807) is 39.1 Å². The maximum Gasteiger partial charge on any atom is 0.243 e. The first-order valence-corrected chi connectivity index (χ1v) is 10.6. The number of nitrogens with one attached hydrogen (secondary N) is 1. The van der Waals surface area contributed by atoms with Gasteiger partial charge in [-0.3, -0.25) is 9.59 Å². The lowest BCUT2D eigenvalue weighted by Gasteiger charge is -2.19. The Morgan fingerprint density at radius 3 is 2.48 bits per heavy atom. The molecular weight excluding hydrogens is 390 g/mol. The van der Waals surface area contributed by atoms with Crippen LogP contribution in [0.4, 0.5) is 11.4 Å². The second-order valence-corrected chi connectivity index (χ2v) is 9.84. The number of sulfonamides is 1. The number of likely N-dealkylation sites (N-methyl/N-ethyl adjacent to an activating group) is 2. The van der Waals surface area contributed by atoms with Crippen molar-refractivity contribution in [3.63, 3.8) is 0 Å². The molecule has 1 N–H and O–H groups in total. The fourth-order valence-corrected chi connectivity index (χ4v) is 4.64. The van der Waals surface area contributed by atoms with Gasteiger partial charge in [-0.15, -0.1) is 0 Å². The van der Waals surface area contributed by atoms with Crippen LogP contribution in [-0.4, -0.2) is 45.2 Å². The fraction of sp³-hybridized carbons (Fsp3) is 0.333. The summed E-state index contributed by atoms with van der Waals surface area (Å²) in [6.07, 6.45) is 0. The summed E-state index contributed by atoms with van der Waals surface area (Å²) in [5, 5.41) is 2.73. The van der Waals surface area contributed by atoms with Gasteiger partial charge in [0.05, 0.1) is 16.9 Å². The minimum absolute atomic E-state index is 0.0543. The summed E-state index contributed by atoms with van der Waals surface area (Å²) < 4.78 is 27.0. The predicted molar refractivity (Wildman–Crippen MR) is 113 cm³/mol. The molecule has 0 aliphatic carbocycles. The molecule has 154 valence electrons. The van der Waals surface area contributed by atoms with Crippen molar-refractivity contribution < 1.29 is 18.0 Å². The molecule has 7 nitrogen and oxygen atoms in total. The summed E-state index contributed by atoms with van der Waals surface area (Å²) in [5.74, 6) is -0.519. The number of aryl methyl sites for hydroxylation is 1. The normalized spacial score (nSPS) is 15.5. The van der Waals surface area contributed by atoms with Crippen LogP contribution in [0.2, 0.25) is 0 Å². The second kappa shape index (κ2) is 7.27. The predicted octanol–water partition coefficient (Wildman–Crippen LogP) is 2.51. The van der Waals surface area contributed by atoms with E-state index in [2.05, 4.69) is 5.32 Å². The maximum absolute atomic E-state index is 13.0. The fourth-order valence-electron chi connectivity index (χ4n) is 3.48. The van der Waals surface area contributed by atoms with Gasteiger partial charge in [0.2, 0.25) is 21.8 Å². The lowest BCUT2D eigenvalue weighted by atomic mass is 9.86. The monoisotopic (exact) mass is 415 g/mol. The first-order valence-electron chi connectivity index (χ1n) is 9.21. The molecule has 29 heavy (non-hydrogen) atoms. The van der Waals surface area contributed by atoms with E-state index < -0.39 is 21.3 Å². The number of rotatable bonds is 5. The number of hydrogen-bond donors (Lipinski definition) is 1. The molecule has 2 aromatic carbocycles. The lowest BCUT2D eigenvalue weighted by Crippen LogP contribution is -2.35. The van der Waals surface area contributed by atoms with Crippen LogP contribution in [0.1, 0.15) is 25.0 Å². The van der Waals surface area contributed by atoms with Crippen molar-refractivity contribution >= 4 is 33.2 Å². The highest BCUT2D eigenvalue weighted by Crippen LogP contribution is 2.41. The van der Waals surface area contributed by atoms with E-state index >= 15 is 0 Å². The molecule has 0 aromatic heterocycles. The number of carbonyl (C=O) groups excluding carboxylic acids is 2. The van der Waals surface area contributed by atoms with Crippen LogP contribution in [0.15, 0.2) is 47.4 Å². The van der Waals surface area contributed by atoms with Gasteiger partial charge >= 0.3 is 0 Å². The summed E-state index contributed by atoms with van der Waals surface area (Å²) in [6, 6.07) is 11.9. The molecule has 0 radical (unpaired) electrons. The summed E-state index contributed by atoms with van der Waals surface area (Å²) in [5.41, 5.74) is 2.07. The molecule has 0 bridgehead atoms. The van der Waals surface area contributed by atoms with Gasteiger partial charge in [0.25, 0.3) is 0 Å². The van der Waals surface area contributed by atoms with Gasteiger partial charge in [0, 0.05) is 25.5 Å². The average Bonchev–Trinajstić information content (AvgIpc) is 2.83. The Bertz CT molecular complexity index is 1090. The first kappa shape index (κ1) is 21.0. The minimum Gasteiger partial charge on any atom is -0.325 e. The van der Waals surface area contributed by atoms with E-state index in [4.69, 9.17) is 0 Å². The third-order valence-corrected chi connectivity index (χ3v) is 7.14. The number of para-hydroxylation sites is 1. The summed E-state index contributed by atoms with van der Waals surface area (Å²) in [6.45, 7) is 5.08. The number of fused-ring (bicyclic) bond motifs is 1. The van der Waals surface area contributed by atoms with Crippen molar-refractivity contribution in [3.8, 4) is 0 Å². The van der Waals surface area contributed by atoms with Gasteiger partial charge in [0.15, 0.2) is 0 Å². The third kappa shape index (κ3) is 3.65. The molecule has 3 rings (SSSR count). The van der Waals surface area contributed by atoms with Crippen LogP contribution in [0.3, 0.4) is 0 Å². The van der Waals surface area contributed by atoms with E-state index in [0.29, 0.717) is 16.9 Å². The average molecular weight is 416 g/mol. The van der Waals surface area contributed by atoms with Crippen molar-refractivity contribution in [1.29, 1.82) is 0 Å². The number of nitrogens with zero attached hydrogens (tertiary/aromatic N) is 2. The number of anilines is 2. The largest absolute Gasteiger partial charge is 0.325 e. The molecule has 1 aliphatic rings. The number of benzene rings is 2. The quantitative estimate of drug-likeness (QED) is 0.813. The molecule has 0 saturated heterocycles. The molecule has 0 saturated carbocycles. The molecule has 0 spiro atoms. The SMILES string of the molecule is Cc1ccccc1NC(=O)CN(C)S(=O)(=O)c1ccc2c(c1)C(C)(C)C(=O)N2C. The van der Waals surface area contributed by atoms with Crippen molar-refractivity contribution in [3.05, 3.63) is 53.6 Å². The Balaban J connectivity index is 1.82. The van der Waals surface area contributed by atoms with Gasteiger partial charge in [-0.2, -0.15) is 4.31 Å². The van der Waals surface area contributed by atoms with Gasteiger partial charge in [-0.1, -0.05) is 18.2 Å². The Kier molecular flexibility index (Phi) is 5.27. The second-order valence-electron chi connectivity index (χ2n) is 7.79. The maximum atomic E-state index is 13.0. The Hall–Kier alpha value is -2.71. The number of hydrogen-bond acceptors (Lipinski definition) is 4. The highest BCUT2D eigenvalue weighted by molar-refractivity contribution is 7.89. The Morgan fingerprint density at radius 1 is 1.17 bits per heavy atom. The van der Waals surface area contributed by atoms with Crippen molar-refractivity contribution in [2.24, 2.45) is 0 Å². The highest BCUT2D eigenvalue weighted by Gasteiger charge is 2.43. The minimum atomic E-state index is -3.90. The van der Waals surface area contributed by atoms with Crippen LogP contribution < -0.4 is 10.2 Å². The summed E-state index contributed by atoms with van der Waals surface area (Å²) in [4.78, 5) is 26.4.